The molecule has 1 fully saturated rings. The van der Waals surface area contributed by atoms with Crippen molar-refractivity contribution in [3.8, 4) is 5.75 Å². The van der Waals surface area contributed by atoms with Crippen molar-refractivity contribution in [3.63, 3.8) is 0 Å². The summed E-state index contributed by atoms with van der Waals surface area (Å²) in [5.41, 5.74) is 2.23. The number of pyridine rings is 3. The first-order chi connectivity index (χ1) is 14.0. The molecule has 0 atom stereocenters. The molecule has 5 nitrogen and oxygen atoms in total. The fraction of sp³-hybridized carbons (Fsp3) is 0.409. The molecular weight excluding hydrogens is 376 g/mol. The summed E-state index contributed by atoms with van der Waals surface area (Å²) in [5.74, 6) is 0.187. The summed E-state index contributed by atoms with van der Waals surface area (Å²) in [7, 11) is 0. The van der Waals surface area contributed by atoms with Gasteiger partial charge in [0.15, 0.2) is 0 Å². The molecule has 4 rings (SSSR count). The lowest BCUT2D eigenvalue weighted by molar-refractivity contribution is -0.0507. The Morgan fingerprint density at radius 1 is 1.21 bits per heavy atom. The molecule has 0 spiro atoms. The Kier molecular flexibility index (Phi) is 5.56. The number of aryl methyl sites for hydroxylation is 1. The number of aromatic nitrogens is 3. The SMILES string of the molecule is Cc1ccc2cc(C3CCCCC3)c(=O)n(Cc3ncccc3OC(F)F)c2n1. The fourth-order valence-corrected chi connectivity index (χ4v) is 4.11. The van der Waals surface area contributed by atoms with Gasteiger partial charge in [0.25, 0.3) is 5.56 Å². The van der Waals surface area contributed by atoms with E-state index in [0.29, 0.717) is 5.65 Å². The van der Waals surface area contributed by atoms with Gasteiger partial charge in [-0.05, 0) is 56.0 Å². The first-order valence-corrected chi connectivity index (χ1v) is 9.92. The molecule has 0 radical (unpaired) electrons. The molecule has 0 bridgehead atoms. The van der Waals surface area contributed by atoms with E-state index in [0.717, 1.165) is 42.3 Å². The highest BCUT2D eigenvalue weighted by atomic mass is 19.3. The highest BCUT2D eigenvalue weighted by molar-refractivity contribution is 5.76. The predicted octanol–water partition coefficient (Wildman–Crippen LogP) is 4.80. The molecule has 152 valence electrons. The molecule has 0 aromatic carbocycles. The summed E-state index contributed by atoms with van der Waals surface area (Å²) in [6.45, 7) is -1.08. The fourth-order valence-electron chi connectivity index (χ4n) is 4.11. The van der Waals surface area contributed by atoms with Crippen molar-refractivity contribution < 1.29 is 13.5 Å². The van der Waals surface area contributed by atoms with Crippen LogP contribution in [0.5, 0.6) is 5.75 Å². The molecule has 7 heteroatoms. The van der Waals surface area contributed by atoms with Crippen LogP contribution >= 0.6 is 0 Å². The second-order valence-electron chi connectivity index (χ2n) is 7.52. The van der Waals surface area contributed by atoms with Gasteiger partial charge in [-0.1, -0.05) is 19.3 Å². The normalized spacial score (nSPS) is 15.2. The maximum Gasteiger partial charge on any atom is 0.387 e. The van der Waals surface area contributed by atoms with Crippen molar-refractivity contribution in [2.24, 2.45) is 0 Å². The Hall–Kier alpha value is -2.83. The van der Waals surface area contributed by atoms with Crippen LogP contribution in [0.3, 0.4) is 0 Å². The highest BCUT2D eigenvalue weighted by Gasteiger charge is 2.22. The van der Waals surface area contributed by atoms with Crippen molar-refractivity contribution >= 4 is 11.0 Å². The van der Waals surface area contributed by atoms with E-state index in [1.54, 1.807) is 4.57 Å². The van der Waals surface area contributed by atoms with E-state index in [-0.39, 0.29) is 29.5 Å². The van der Waals surface area contributed by atoms with Crippen molar-refractivity contribution in [2.75, 3.05) is 0 Å². The Balaban J connectivity index is 1.85. The molecule has 0 unspecified atom stereocenters. The quantitative estimate of drug-likeness (QED) is 0.619. The lowest BCUT2D eigenvalue weighted by Gasteiger charge is -2.23. The Labute approximate surface area is 167 Å². The monoisotopic (exact) mass is 399 g/mol. The topological polar surface area (TPSA) is 57.0 Å². The third kappa shape index (κ3) is 4.13. The van der Waals surface area contributed by atoms with Gasteiger partial charge in [-0.15, -0.1) is 0 Å². The maximum atomic E-state index is 13.4. The van der Waals surface area contributed by atoms with Gasteiger partial charge >= 0.3 is 6.61 Å². The molecule has 1 aliphatic carbocycles. The summed E-state index contributed by atoms with van der Waals surface area (Å²) in [6.07, 6.45) is 6.90. The van der Waals surface area contributed by atoms with E-state index in [1.807, 2.05) is 25.1 Å². The number of hydrogen-bond donors (Lipinski definition) is 0. The summed E-state index contributed by atoms with van der Waals surface area (Å²) >= 11 is 0. The van der Waals surface area contributed by atoms with Crippen LogP contribution in [0.25, 0.3) is 11.0 Å². The van der Waals surface area contributed by atoms with Crippen molar-refractivity contribution in [1.82, 2.24) is 14.5 Å². The second kappa shape index (κ2) is 8.27. The standard InChI is InChI=1S/C22H23F2N3O2/c1-14-9-10-16-12-17(15-6-3-2-4-7-15)21(28)27(20(16)26-14)13-18-19(29-22(23)24)8-5-11-25-18/h5,8-12,15,22H,2-4,6-7,13H2,1H3. The third-order valence-electron chi connectivity index (χ3n) is 5.52. The van der Waals surface area contributed by atoms with E-state index < -0.39 is 6.61 Å². The molecule has 1 saturated carbocycles. The van der Waals surface area contributed by atoms with Gasteiger partial charge in [-0.3, -0.25) is 14.3 Å². The summed E-state index contributed by atoms with van der Waals surface area (Å²) in [6, 6.07) is 8.78. The van der Waals surface area contributed by atoms with Crippen LogP contribution in [0.1, 0.15) is 55.0 Å². The molecule has 0 aliphatic heterocycles. The number of halogens is 2. The summed E-state index contributed by atoms with van der Waals surface area (Å²) < 4.78 is 31.8. The van der Waals surface area contributed by atoms with Gasteiger partial charge < -0.3 is 4.74 Å². The molecule has 1 aliphatic rings. The molecule has 3 heterocycles. The first kappa shape index (κ1) is 19.5. The first-order valence-electron chi connectivity index (χ1n) is 9.92. The van der Waals surface area contributed by atoms with Gasteiger partial charge in [0.2, 0.25) is 0 Å². The number of hydrogen-bond acceptors (Lipinski definition) is 4. The van der Waals surface area contributed by atoms with Gasteiger partial charge in [-0.2, -0.15) is 8.78 Å². The van der Waals surface area contributed by atoms with Crippen molar-refractivity contribution in [1.29, 1.82) is 0 Å². The zero-order valence-electron chi connectivity index (χ0n) is 16.3. The van der Waals surface area contributed by atoms with Crippen LogP contribution in [-0.2, 0) is 6.54 Å². The highest BCUT2D eigenvalue weighted by Crippen LogP contribution is 2.32. The van der Waals surface area contributed by atoms with Crippen molar-refractivity contribution in [3.05, 3.63) is 63.8 Å². The second-order valence-corrected chi connectivity index (χ2v) is 7.52. The van der Waals surface area contributed by atoms with Crippen molar-refractivity contribution in [2.45, 2.75) is 58.1 Å². The van der Waals surface area contributed by atoms with E-state index in [4.69, 9.17) is 0 Å². The van der Waals surface area contributed by atoms with Gasteiger partial charge in [-0.25, -0.2) is 4.98 Å². The number of ether oxygens (including phenoxy) is 1. The van der Waals surface area contributed by atoms with Crippen LogP contribution < -0.4 is 10.3 Å². The Morgan fingerprint density at radius 3 is 2.76 bits per heavy atom. The number of nitrogens with zero attached hydrogens (tertiary/aromatic N) is 3. The van der Waals surface area contributed by atoms with E-state index in [1.165, 1.54) is 24.8 Å². The average molecular weight is 399 g/mol. The van der Waals surface area contributed by atoms with Gasteiger partial charge in [0, 0.05) is 22.8 Å². The number of alkyl halides is 2. The molecule has 3 aromatic rings. The molecule has 0 amide bonds. The summed E-state index contributed by atoms with van der Waals surface area (Å²) in [4.78, 5) is 22.2. The van der Waals surface area contributed by atoms with Gasteiger partial charge in [0.1, 0.15) is 17.1 Å². The van der Waals surface area contributed by atoms with E-state index in [9.17, 15) is 13.6 Å². The Morgan fingerprint density at radius 2 is 2.00 bits per heavy atom. The summed E-state index contributed by atoms with van der Waals surface area (Å²) in [5, 5.41) is 0.864. The van der Waals surface area contributed by atoms with Crippen LogP contribution in [0.4, 0.5) is 8.78 Å². The van der Waals surface area contributed by atoms with Crippen LogP contribution in [-0.4, -0.2) is 21.1 Å². The molecule has 0 saturated heterocycles. The van der Waals surface area contributed by atoms with Crippen LogP contribution in [0.15, 0.2) is 41.3 Å². The number of rotatable bonds is 5. The van der Waals surface area contributed by atoms with E-state index in [2.05, 4.69) is 14.7 Å². The minimum Gasteiger partial charge on any atom is -0.433 e. The van der Waals surface area contributed by atoms with Crippen LogP contribution in [0, 0.1) is 6.92 Å². The lowest BCUT2D eigenvalue weighted by Crippen LogP contribution is -2.28. The van der Waals surface area contributed by atoms with Gasteiger partial charge in [0.05, 0.1) is 6.54 Å². The number of fused-ring (bicyclic) bond motifs is 1. The zero-order chi connectivity index (χ0) is 20.4. The Bertz CT molecular complexity index is 1080. The minimum absolute atomic E-state index is 0.0231. The predicted molar refractivity (Wildman–Crippen MR) is 107 cm³/mol. The van der Waals surface area contributed by atoms with E-state index >= 15 is 0 Å². The molecular formula is C22H23F2N3O2. The molecule has 3 aromatic heterocycles. The minimum atomic E-state index is -2.96. The zero-order valence-corrected chi connectivity index (χ0v) is 16.3. The molecule has 0 N–H and O–H groups in total. The molecule has 29 heavy (non-hydrogen) atoms. The average Bonchev–Trinajstić information content (AvgIpc) is 2.71. The smallest absolute Gasteiger partial charge is 0.387 e. The lowest BCUT2D eigenvalue weighted by atomic mass is 9.84. The third-order valence-corrected chi connectivity index (χ3v) is 5.52. The largest absolute Gasteiger partial charge is 0.433 e. The maximum absolute atomic E-state index is 13.4. The van der Waals surface area contributed by atoms with Crippen LogP contribution in [0.2, 0.25) is 0 Å².